The molecule has 0 aliphatic rings. The van der Waals surface area contributed by atoms with Gasteiger partial charge in [-0.2, -0.15) is 13.2 Å². The molecule has 0 aliphatic heterocycles. The van der Waals surface area contributed by atoms with E-state index in [9.17, 15) is 21.6 Å². The van der Waals surface area contributed by atoms with Crippen LogP contribution in [-0.2, 0) is 10.0 Å². The summed E-state index contributed by atoms with van der Waals surface area (Å²) < 4.78 is 56.7. The van der Waals surface area contributed by atoms with Gasteiger partial charge in [-0.3, -0.25) is 0 Å². The van der Waals surface area contributed by atoms with Crippen LogP contribution in [0, 0.1) is 6.92 Å². The molecule has 0 bridgehead atoms. The Hall–Kier alpha value is -0.300. The molecule has 0 rings (SSSR count). The minimum Gasteiger partial charge on any atom is -0.207 e. The largest absolute Gasteiger partial charge is 0.511 e. The highest BCUT2D eigenvalue weighted by molar-refractivity contribution is 7.90. The number of hydrogen-bond donors (Lipinski definition) is 1. The highest BCUT2D eigenvalue weighted by Crippen LogP contribution is 2.21. The normalized spacial score (nSPS) is 13.3. The number of hydrogen-bond acceptors (Lipinski definition) is 2. The van der Waals surface area contributed by atoms with E-state index in [2.05, 4.69) is 6.92 Å². The van der Waals surface area contributed by atoms with E-state index in [4.69, 9.17) is 0 Å². The molecule has 73 valence electrons. The summed E-state index contributed by atoms with van der Waals surface area (Å²) in [6.07, 6.45) is 0.676. The Morgan fingerprint density at radius 2 is 1.83 bits per heavy atom. The molecule has 1 radical (unpaired) electrons. The Balaban J connectivity index is 4.08. The van der Waals surface area contributed by atoms with Crippen LogP contribution in [0.15, 0.2) is 0 Å². The zero-order valence-corrected chi connectivity index (χ0v) is 7.00. The van der Waals surface area contributed by atoms with E-state index < -0.39 is 15.5 Å². The molecule has 0 aromatic carbocycles. The smallest absolute Gasteiger partial charge is 0.207 e. The van der Waals surface area contributed by atoms with Crippen LogP contribution in [-0.4, -0.2) is 20.5 Å². The number of nitrogens with one attached hydrogen (secondary N) is 1. The van der Waals surface area contributed by atoms with Crippen molar-refractivity contribution >= 4 is 10.0 Å². The lowest BCUT2D eigenvalue weighted by molar-refractivity contribution is -0.0447. The molecule has 0 amide bonds. The Morgan fingerprint density at radius 1 is 1.33 bits per heavy atom. The van der Waals surface area contributed by atoms with Crippen molar-refractivity contribution in [2.45, 2.75) is 18.3 Å². The molecule has 0 saturated heterocycles. The summed E-state index contributed by atoms with van der Waals surface area (Å²) in [4.78, 5) is 0. The van der Waals surface area contributed by atoms with Crippen LogP contribution in [0.25, 0.3) is 0 Å². The monoisotopic (exact) mass is 204 g/mol. The van der Waals surface area contributed by atoms with Crippen molar-refractivity contribution < 1.29 is 21.6 Å². The molecule has 0 spiro atoms. The molecular formula is C5H9F3NO2S. The molecule has 3 nitrogen and oxygen atoms in total. The van der Waals surface area contributed by atoms with Crippen LogP contribution in [0.2, 0.25) is 0 Å². The second kappa shape index (κ2) is 4.08. The summed E-state index contributed by atoms with van der Waals surface area (Å²) in [7, 11) is -5.15. The van der Waals surface area contributed by atoms with E-state index in [0.29, 0.717) is 6.42 Å². The summed E-state index contributed by atoms with van der Waals surface area (Å²) in [6.45, 7) is 3.12. The summed E-state index contributed by atoms with van der Waals surface area (Å²) in [6, 6.07) is 0. The third kappa shape index (κ3) is 3.40. The molecule has 0 aromatic rings. The van der Waals surface area contributed by atoms with Crippen molar-refractivity contribution in [2.75, 3.05) is 6.54 Å². The van der Waals surface area contributed by atoms with Crippen LogP contribution < -0.4 is 4.72 Å². The first-order valence-electron chi connectivity index (χ1n) is 3.16. The lowest BCUT2D eigenvalue weighted by Crippen LogP contribution is -2.36. The quantitative estimate of drug-likeness (QED) is 0.695. The van der Waals surface area contributed by atoms with E-state index in [-0.39, 0.29) is 13.0 Å². The lowest BCUT2D eigenvalue weighted by Gasteiger charge is -2.08. The molecule has 0 aliphatic carbocycles. The van der Waals surface area contributed by atoms with Crippen LogP contribution >= 0.6 is 0 Å². The standard InChI is InChI=1S/C5H9F3NO2S/c1-2-3-4-9-12(10,11)5(6,7)8/h9H,1-4H2. The molecule has 0 atom stereocenters. The Labute approximate surface area is 69.0 Å². The molecule has 0 aromatic heterocycles. The van der Waals surface area contributed by atoms with E-state index >= 15 is 0 Å². The van der Waals surface area contributed by atoms with E-state index in [1.165, 1.54) is 4.72 Å². The fraction of sp³-hybridized carbons (Fsp3) is 0.800. The summed E-state index contributed by atoms with van der Waals surface area (Å²) in [5.41, 5.74) is -5.21. The summed E-state index contributed by atoms with van der Waals surface area (Å²) >= 11 is 0. The predicted molar refractivity (Wildman–Crippen MR) is 37.6 cm³/mol. The van der Waals surface area contributed by atoms with Gasteiger partial charge in [0.1, 0.15) is 0 Å². The van der Waals surface area contributed by atoms with Crippen molar-refractivity contribution in [1.29, 1.82) is 0 Å². The van der Waals surface area contributed by atoms with E-state index in [0.717, 1.165) is 0 Å². The van der Waals surface area contributed by atoms with Crippen molar-refractivity contribution in [3.63, 3.8) is 0 Å². The van der Waals surface area contributed by atoms with Gasteiger partial charge in [0.15, 0.2) is 0 Å². The minimum absolute atomic E-state index is 0.231. The Morgan fingerprint density at radius 3 is 2.17 bits per heavy atom. The zero-order chi connectivity index (χ0) is 9.83. The van der Waals surface area contributed by atoms with Gasteiger partial charge in [-0.1, -0.05) is 13.3 Å². The van der Waals surface area contributed by atoms with Crippen LogP contribution in [0.4, 0.5) is 13.2 Å². The van der Waals surface area contributed by atoms with Crippen molar-refractivity contribution in [3.8, 4) is 0 Å². The van der Waals surface area contributed by atoms with Gasteiger partial charge in [-0.05, 0) is 6.42 Å². The molecule has 0 fully saturated rings. The summed E-state index contributed by atoms with van der Waals surface area (Å²) in [5, 5.41) is 0. The van der Waals surface area contributed by atoms with E-state index in [1.807, 2.05) is 0 Å². The lowest BCUT2D eigenvalue weighted by atomic mass is 10.3. The third-order valence-electron chi connectivity index (χ3n) is 1.02. The maximum Gasteiger partial charge on any atom is 0.511 e. The van der Waals surface area contributed by atoms with Gasteiger partial charge >= 0.3 is 15.5 Å². The number of alkyl halides is 3. The maximum atomic E-state index is 11.6. The van der Waals surface area contributed by atoms with Crippen molar-refractivity contribution in [2.24, 2.45) is 0 Å². The van der Waals surface area contributed by atoms with Crippen LogP contribution in [0.1, 0.15) is 12.8 Å². The van der Waals surface area contributed by atoms with E-state index in [1.54, 1.807) is 0 Å². The first-order valence-corrected chi connectivity index (χ1v) is 4.65. The highest BCUT2D eigenvalue weighted by Gasteiger charge is 2.45. The molecular weight excluding hydrogens is 195 g/mol. The van der Waals surface area contributed by atoms with Gasteiger partial charge in [0.05, 0.1) is 0 Å². The maximum absolute atomic E-state index is 11.6. The molecule has 0 saturated carbocycles. The molecule has 12 heavy (non-hydrogen) atoms. The van der Waals surface area contributed by atoms with Crippen molar-refractivity contribution in [1.82, 2.24) is 4.72 Å². The van der Waals surface area contributed by atoms with Gasteiger partial charge in [0, 0.05) is 6.54 Å². The zero-order valence-electron chi connectivity index (χ0n) is 6.19. The SMILES string of the molecule is [CH2]CCCNS(=O)(=O)C(F)(F)F. The van der Waals surface area contributed by atoms with Gasteiger partial charge < -0.3 is 0 Å². The van der Waals surface area contributed by atoms with Crippen LogP contribution in [0.5, 0.6) is 0 Å². The second-order valence-corrected chi connectivity index (χ2v) is 3.81. The fourth-order valence-corrected chi connectivity index (χ4v) is 0.990. The number of rotatable bonds is 4. The molecule has 0 heterocycles. The Bertz CT molecular complexity index is 221. The van der Waals surface area contributed by atoms with Crippen molar-refractivity contribution in [3.05, 3.63) is 6.92 Å². The third-order valence-corrected chi connectivity index (χ3v) is 2.22. The van der Waals surface area contributed by atoms with Gasteiger partial charge in [-0.25, -0.2) is 13.1 Å². The van der Waals surface area contributed by atoms with Gasteiger partial charge in [-0.15, -0.1) is 0 Å². The second-order valence-electron chi connectivity index (χ2n) is 2.05. The Kier molecular flexibility index (Phi) is 3.98. The average Bonchev–Trinajstić information content (AvgIpc) is 1.85. The van der Waals surface area contributed by atoms with Gasteiger partial charge in [0.25, 0.3) is 0 Å². The molecule has 1 N–H and O–H groups in total. The highest BCUT2D eigenvalue weighted by atomic mass is 32.2. The first kappa shape index (κ1) is 11.7. The average molecular weight is 204 g/mol. The predicted octanol–water partition coefficient (Wildman–Crippen LogP) is 1.04. The number of sulfonamides is 1. The van der Waals surface area contributed by atoms with Crippen LogP contribution in [0.3, 0.4) is 0 Å². The fourth-order valence-electron chi connectivity index (χ4n) is 0.413. The summed E-state index contributed by atoms with van der Waals surface area (Å²) in [5.74, 6) is 0. The minimum atomic E-state index is -5.21. The van der Waals surface area contributed by atoms with Gasteiger partial charge in [0.2, 0.25) is 0 Å². The topological polar surface area (TPSA) is 46.2 Å². The first-order chi connectivity index (χ1) is 5.31. The number of unbranched alkanes of at least 4 members (excludes halogenated alkanes) is 1. The number of halogens is 3. The molecule has 7 heteroatoms. The molecule has 0 unspecified atom stereocenters.